The minimum absolute atomic E-state index is 0.0838. The third-order valence-corrected chi connectivity index (χ3v) is 7.87. The number of aliphatic hydroxyl groups is 1. The van der Waals surface area contributed by atoms with E-state index in [9.17, 15) is 9.90 Å². The highest BCUT2D eigenvalue weighted by Crippen LogP contribution is 2.33. The van der Waals surface area contributed by atoms with Gasteiger partial charge >= 0.3 is 0 Å². The third kappa shape index (κ3) is 5.22. The highest BCUT2D eigenvalue weighted by Gasteiger charge is 2.39. The number of nitrogens with zero attached hydrogens (tertiary/aromatic N) is 4. The summed E-state index contributed by atoms with van der Waals surface area (Å²) in [5, 5.41) is 16.9. The molecule has 2 aromatic carbocycles. The highest BCUT2D eigenvalue weighted by molar-refractivity contribution is 5.97. The molecule has 2 fully saturated rings. The predicted molar refractivity (Wildman–Crippen MR) is 145 cm³/mol. The first-order valence-electron chi connectivity index (χ1n) is 13.1. The third-order valence-electron chi connectivity index (χ3n) is 7.87. The Morgan fingerprint density at radius 1 is 1.16 bits per heavy atom. The standard InChI is InChI=1S/C29H37N5O3/c1-19-5-6-24(33-17-25-7-8-26(18-33)34(25)9-10-35)14-28(19)29(36)31-20(2)21-11-22(13-27(12-21)37-4)23-15-30-32(3)16-23/h5-6,11-16,20,25-26,35H,7-10,17-18H2,1-4H3,(H,31,36)/t20-,25-,26+/m1/s1. The van der Waals surface area contributed by atoms with E-state index in [-0.39, 0.29) is 18.6 Å². The SMILES string of the molecule is COc1cc(-c2cnn(C)c2)cc([C@@H](C)NC(=O)c2cc(N3C[C@H]4CC[C@@H](C3)N4CCO)ccc2C)c1. The number of carbonyl (C=O) groups excluding carboxylic acids is 1. The van der Waals surface area contributed by atoms with Crippen molar-refractivity contribution in [2.24, 2.45) is 7.05 Å². The number of carbonyl (C=O) groups is 1. The molecule has 2 aliphatic rings. The summed E-state index contributed by atoms with van der Waals surface area (Å²) in [5.74, 6) is 0.657. The second-order valence-corrected chi connectivity index (χ2v) is 10.3. The van der Waals surface area contributed by atoms with Crippen molar-refractivity contribution in [3.05, 3.63) is 65.5 Å². The summed E-state index contributed by atoms with van der Waals surface area (Å²) in [4.78, 5) is 18.3. The smallest absolute Gasteiger partial charge is 0.252 e. The molecule has 8 nitrogen and oxygen atoms in total. The molecular weight excluding hydrogens is 466 g/mol. The van der Waals surface area contributed by atoms with Crippen LogP contribution >= 0.6 is 0 Å². The van der Waals surface area contributed by atoms with Gasteiger partial charge in [0.15, 0.2) is 0 Å². The van der Waals surface area contributed by atoms with Crippen molar-refractivity contribution in [1.82, 2.24) is 20.0 Å². The molecule has 0 unspecified atom stereocenters. The van der Waals surface area contributed by atoms with Crippen LogP contribution in [0, 0.1) is 6.92 Å². The average Bonchev–Trinajstić information content (AvgIpc) is 3.42. The van der Waals surface area contributed by atoms with E-state index in [2.05, 4.69) is 32.3 Å². The molecule has 2 N–H and O–H groups in total. The van der Waals surface area contributed by atoms with Gasteiger partial charge < -0.3 is 20.1 Å². The molecule has 196 valence electrons. The second kappa shape index (κ2) is 10.6. The number of methoxy groups -OCH3 is 1. The van der Waals surface area contributed by atoms with Gasteiger partial charge in [0, 0.05) is 61.8 Å². The lowest BCUT2D eigenvalue weighted by Gasteiger charge is -2.42. The fraction of sp³-hybridized carbons (Fsp3) is 0.448. The zero-order valence-electron chi connectivity index (χ0n) is 22.1. The van der Waals surface area contributed by atoms with E-state index in [4.69, 9.17) is 4.74 Å². The largest absolute Gasteiger partial charge is 0.497 e. The van der Waals surface area contributed by atoms with E-state index in [0.29, 0.717) is 17.6 Å². The maximum Gasteiger partial charge on any atom is 0.252 e. The zero-order chi connectivity index (χ0) is 26.1. The van der Waals surface area contributed by atoms with Gasteiger partial charge in [-0.3, -0.25) is 14.4 Å². The molecule has 37 heavy (non-hydrogen) atoms. The summed E-state index contributed by atoms with van der Waals surface area (Å²) in [6.45, 7) is 6.79. The number of aryl methyl sites for hydroxylation is 2. The molecule has 2 saturated heterocycles. The van der Waals surface area contributed by atoms with Gasteiger partial charge in [-0.25, -0.2) is 0 Å². The van der Waals surface area contributed by atoms with E-state index >= 15 is 0 Å². The van der Waals surface area contributed by atoms with Gasteiger partial charge in [0.2, 0.25) is 0 Å². The van der Waals surface area contributed by atoms with Crippen LogP contribution in [0.1, 0.15) is 47.3 Å². The summed E-state index contributed by atoms with van der Waals surface area (Å²) >= 11 is 0. The Morgan fingerprint density at radius 3 is 2.57 bits per heavy atom. The first-order valence-corrected chi connectivity index (χ1v) is 13.1. The van der Waals surface area contributed by atoms with Crippen LogP contribution in [0.15, 0.2) is 48.8 Å². The molecule has 2 bridgehead atoms. The average molecular weight is 504 g/mol. The summed E-state index contributed by atoms with van der Waals surface area (Å²) in [5.41, 5.74) is 5.71. The molecule has 0 spiro atoms. The number of amides is 1. The predicted octanol–water partition coefficient (Wildman–Crippen LogP) is 3.54. The number of rotatable bonds is 8. The quantitative estimate of drug-likeness (QED) is 0.489. The monoisotopic (exact) mass is 503 g/mol. The highest BCUT2D eigenvalue weighted by atomic mass is 16.5. The van der Waals surface area contributed by atoms with E-state index in [1.807, 2.05) is 57.6 Å². The summed E-state index contributed by atoms with van der Waals surface area (Å²) in [6, 6.07) is 12.9. The first-order chi connectivity index (χ1) is 17.9. The molecule has 2 aliphatic heterocycles. The van der Waals surface area contributed by atoms with Crippen LogP contribution in [0.3, 0.4) is 0 Å². The van der Waals surface area contributed by atoms with E-state index in [1.165, 1.54) is 12.8 Å². The number of benzene rings is 2. The van der Waals surface area contributed by atoms with Gasteiger partial charge in [-0.1, -0.05) is 6.07 Å². The summed E-state index contributed by atoms with van der Waals surface area (Å²) in [7, 11) is 3.55. The van der Waals surface area contributed by atoms with Crippen molar-refractivity contribution in [2.75, 3.05) is 38.3 Å². The van der Waals surface area contributed by atoms with Gasteiger partial charge in [0.25, 0.3) is 5.91 Å². The van der Waals surface area contributed by atoms with Gasteiger partial charge in [-0.15, -0.1) is 0 Å². The lowest BCUT2D eigenvalue weighted by atomic mass is 10.0. The molecule has 5 rings (SSSR count). The normalized spacial score (nSPS) is 20.2. The van der Waals surface area contributed by atoms with E-state index < -0.39 is 0 Å². The van der Waals surface area contributed by atoms with Crippen LogP contribution in [-0.2, 0) is 7.05 Å². The first kappa shape index (κ1) is 25.3. The van der Waals surface area contributed by atoms with Crippen molar-refractivity contribution in [3.63, 3.8) is 0 Å². The van der Waals surface area contributed by atoms with Gasteiger partial charge in [-0.05, 0) is 73.7 Å². The number of ether oxygens (including phenoxy) is 1. The Morgan fingerprint density at radius 2 is 1.92 bits per heavy atom. The second-order valence-electron chi connectivity index (χ2n) is 10.3. The van der Waals surface area contributed by atoms with Crippen LogP contribution in [0.4, 0.5) is 5.69 Å². The number of nitrogens with one attached hydrogen (secondary N) is 1. The van der Waals surface area contributed by atoms with Crippen molar-refractivity contribution in [1.29, 1.82) is 0 Å². The number of hydrogen-bond donors (Lipinski definition) is 2. The molecular formula is C29H37N5O3. The minimum Gasteiger partial charge on any atom is -0.497 e. The van der Waals surface area contributed by atoms with Gasteiger partial charge in [0.05, 0.1) is 26.0 Å². The molecule has 0 radical (unpaired) electrons. The minimum atomic E-state index is -0.209. The van der Waals surface area contributed by atoms with Crippen LogP contribution in [-0.4, -0.2) is 71.1 Å². The summed E-state index contributed by atoms with van der Waals surface area (Å²) < 4.78 is 7.32. The number of anilines is 1. The number of piperazine rings is 1. The number of fused-ring (bicyclic) bond motifs is 2. The lowest BCUT2D eigenvalue weighted by molar-refractivity contribution is 0.0939. The number of aliphatic hydroxyl groups excluding tert-OH is 1. The molecule has 1 amide bonds. The Hall–Kier alpha value is -3.36. The molecule has 3 atom stereocenters. The Labute approximate surface area is 218 Å². The van der Waals surface area contributed by atoms with E-state index in [1.54, 1.807) is 11.8 Å². The van der Waals surface area contributed by atoms with Crippen LogP contribution < -0.4 is 15.0 Å². The number of aromatic nitrogens is 2. The molecule has 8 heteroatoms. The molecule has 0 aliphatic carbocycles. The summed E-state index contributed by atoms with van der Waals surface area (Å²) in [6.07, 6.45) is 6.12. The Kier molecular flexibility index (Phi) is 7.22. The van der Waals surface area contributed by atoms with E-state index in [0.717, 1.165) is 53.3 Å². The molecule has 3 aromatic rings. The van der Waals surface area contributed by atoms with Crippen LogP contribution in [0.25, 0.3) is 11.1 Å². The Balaban J connectivity index is 1.33. The fourth-order valence-corrected chi connectivity index (χ4v) is 5.82. The zero-order valence-corrected chi connectivity index (χ0v) is 22.1. The van der Waals surface area contributed by atoms with Crippen LogP contribution in [0.5, 0.6) is 5.75 Å². The van der Waals surface area contributed by atoms with Crippen molar-refractivity contribution < 1.29 is 14.6 Å². The Bertz CT molecular complexity index is 1260. The van der Waals surface area contributed by atoms with Crippen molar-refractivity contribution >= 4 is 11.6 Å². The molecule has 0 saturated carbocycles. The van der Waals surface area contributed by atoms with Crippen molar-refractivity contribution in [3.8, 4) is 16.9 Å². The molecule has 1 aromatic heterocycles. The molecule has 3 heterocycles. The fourth-order valence-electron chi connectivity index (χ4n) is 5.82. The number of hydrogen-bond acceptors (Lipinski definition) is 6. The topological polar surface area (TPSA) is 82.9 Å². The maximum atomic E-state index is 13.5. The van der Waals surface area contributed by atoms with Crippen LogP contribution in [0.2, 0.25) is 0 Å². The lowest BCUT2D eigenvalue weighted by Crippen LogP contribution is -2.54. The maximum absolute atomic E-state index is 13.5. The van der Waals surface area contributed by atoms with Gasteiger partial charge in [0.1, 0.15) is 5.75 Å². The van der Waals surface area contributed by atoms with Crippen molar-refractivity contribution in [2.45, 2.75) is 44.8 Å². The van der Waals surface area contributed by atoms with Gasteiger partial charge in [-0.2, -0.15) is 5.10 Å².